The molecule has 0 amide bonds. The highest BCUT2D eigenvalue weighted by molar-refractivity contribution is 6.04. The first-order valence-corrected chi connectivity index (χ1v) is 3.21. The van der Waals surface area contributed by atoms with E-state index in [0.717, 1.165) is 12.8 Å². The van der Waals surface area contributed by atoms with Crippen LogP contribution in [0.2, 0.25) is 0 Å². The number of allylic oxidation sites excluding steroid dienone is 3. The highest BCUT2D eigenvalue weighted by Gasteiger charge is 2.12. The molecule has 0 saturated carbocycles. The molecule has 0 fully saturated rings. The fraction of sp³-hybridized carbons (Fsp3) is 0.250. The average Bonchev–Trinajstić information content (AvgIpc) is 2.33. The number of aliphatic imine (C=N–C) groups is 1. The molecule has 2 rings (SSSR count). The molecule has 0 saturated heterocycles. The van der Waals surface area contributed by atoms with E-state index >= 15 is 0 Å². The first kappa shape index (κ1) is 4.98. The van der Waals surface area contributed by atoms with Gasteiger partial charge in [-0.3, -0.25) is 4.99 Å². The van der Waals surface area contributed by atoms with Crippen molar-refractivity contribution in [2.75, 3.05) is 0 Å². The lowest BCUT2D eigenvalue weighted by atomic mass is 10.0. The van der Waals surface area contributed by atoms with Gasteiger partial charge in [0.05, 0.1) is 6.54 Å². The van der Waals surface area contributed by atoms with Crippen molar-refractivity contribution < 1.29 is 0 Å². The second-order valence-corrected chi connectivity index (χ2v) is 2.29. The van der Waals surface area contributed by atoms with Gasteiger partial charge in [0.2, 0.25) is 0 Å². The van der Waals surface area contributed by atoms with Crippen molar-refractivity contribution in [3.63, 3.8) is 0 Å². The monoisotopic (exact) mass is 118 g/mol. The van der Waals surface area contributed by atoms with Gasteiger partial charge in [-0.25, -0.2) is 0 Å². The number of nitrogens with zero attached hydrogens (tertiary/aromatic N) is 1. The average molecular weight is 118 g/mol. The van der Waals surface area contributed by atoms with Gasteiger partial charge in [0.15, 0.2) is 0 Å². The van der Waals surface area contributed by atoms with Crippen LogP contribution in [0.25, 0.3) is 0 Å². The molecule has 0 aromatic rings. The maximum absolute atomic E-state index is 4.23. The Hall–Kier alpha value is -0.850. The molecule has 0 N–H and O–H groups in total. The fourth-order valence-electron chi connectivity index (χ4n) is 1.17. The van der Waals surface area contributed by atoms with E-state index in [9.17, 15) is 0 Å². The minimum Gasteiger partial charge on any atom is -0.283 e. The van der Waals surface area contributed by atoms with Crippen LogP contribution >= 0.6 is 0 Å². The van der Waals surface area contributed by atoms with Crippen LogP contribution in [0.5, 0.6) is 0 Å². The maximum atomic E-state index is 4.23. The topological polar surface area (TPSA) is 12.4 Å². The van der Waals surface area contributed by atoms with Crippen LogP contribution in [0.1, 0.15) is 12.8 Å². The molecule has 0 unspecified atom stereocenters. The molecule has 1 radical (unpaired) electrons. The predicted molar refractivity (Wildman–Crippen MR) is 38.2 cm³/mol. The van der Waals surface area contributed by atoms with Crippen molar-refractivity contribution in [1.82, 2.24) is 0 Å². The van der Waals surface area contributed by atoms with E-state index in [4.69, 9.17) is 0 Å². The van der Waals surface area contributed by atoms with Crippen LogP contribution in [0, 0.1) is 6.54 Å². The number of rotatable bonds is 0. The lowest BCUT2D eigenvalue weighted by molar-refractivity contribution is 1.20. The highest BCUT2D eigenvalue weighted by atomic mass is 14.8. The third kappa shape index (κ3) is 0.727. The molecular weight excluding hydrogens is 110 g/mol. The number of fused-ring (bicyclic) bond motifs is 1. The van der Waals surface area contributed by atoms with E-state index in [1.54, 1.807) is 0 Å². The van der Waals surface area contributed by atoms with Crippen molar-refractivity contribution in [3.8, 4) is 0 Å². The van der Waals surface area contributed by atoms with Gasteiger partial charge in [-0.15, -0.1) is 0 Å². The van der Waals surface area contributed by atoms with Crippen molar-refractivity contribution >= 4 is 5.71 Å². The number of hydrogen-bond donors (Lipinski definition) is 0. The van der Waals surface area contributed by atoms with Crippen LogP contribution in [0.4, 0.5) is 0 Å². The molecule has 0 atom stereocenters. The van der Waals surface area contributed by atoms with E-state index < -0.39 is 0 Å². The summed E-state index contributed by atoms with van der Waals surface area (Å²) in [4.78, 5) is 4.23. The Labute approximate surface area is 54.8 Å². The Morgan fingerprint density at radius 3 is 3.22 bits per heavy atom. The van der Waals surface area contributed by atoms with Crippen molar-refractivity contribution in [2.45, 2.75) is 12.8 Å². The first-order chi connectivity index (χ1) is 4.47. The Bertz CT molecular complexity index is 209. The minimum atomic E-state index is 1.03. The molecule has 45 valence electrons. The van der Waals surface area contributed by atoms with Crippen LogP contribution in [0.3, 0.4) is 0 Å². The first-order valence-electron chi connectivity index (χ1n) is 3.21. The summed E-state index contributed by atoms with van der Waals surface area (Å²) in [6, 6.07) is 0. The van der Waals surface area contributed by atoms with Crippen molar-refractivity contribution in [2.24, 2.45) is 4.99 Å². The third-order valence-electron chi connectivity index (χ3n) is 1.67. The fourth-order valence-corrected chi connectivity index (χ4v) is 1.17. The molecule has 0 spiro atoms. The van der Waals surface area contributed by atoms with Crippen LogP contribution < -0.4 is 0 Å². The highest BCUT2D eigenvalue weighted by Crippen LogP contribution is 2.21. The molecular formula is C8H8N. The predicted octanol–water partition coefficient (Wildman–Crippen LogP) is 1.88. The van der Waals surface area contributed by atoms with Gasteiger partial charge in [0, 0.05) is 12.1 Å². The molecule has 0 aromatic carbocycles. The van der Waals surface area contributed by atoms with Gasteiger partial charge in [0.1, 0.15) is 0 Å². The zero-order chi connectivity index (χ0) is 6.10. The largest absolute Gasteiger partial charge is 0.283 e. The van der Waals surface area contributed by atoms with E-state index in [1.807, 2.05) is 6.54 Å². The van der Waals surface area contributed by atoms with Crippen molar-refractivity contribution in [3.05, 3.63) is 30.3 Å². The van der Waals surface area contributed by atoms with Gasteiger partial charge >= 0.3 is 0 Å². The van der Waals surface area contributed by atoms with E-state index in [-0.39, 0.29) is 0 Å². The zero-order valence-electron chi connectivity index (χ0n) is 5.17. The molecule has 1 aliphatic heterocycles. The zero-order valence-corrected chi connectivity index (χ0v) is 5.17. The molecule has 0 bridgehead atoms. The summed E-state index contributed by atoms with van der Waals surface area (Å²) in [5.41, 5.74) is 2.66. The maximum Gasteiger partial charge on any atom is 0.0770 e. The Morgan fingerprint density at radius 1 is 1.33 bits per heavy atom. The smallest absolute Gasteiger partial charge is 0.0770 e. The lowest BCUT2D eigenvalue weighted by Crippen LogP contribution is -1.97. The van der Waals surface area contributed by atoms with Crippen LogP contribution in [0.15, 0.2) is 28.8 Å². The summed E-state index contributed by atoms with van der Waals surface area (Å²) >= 11 is 0. The van der Waals surface area contributed by atoms with E-state index in [2.05, 4.69) is 23.2 Å². The van der Waals surface area contributed by atoms with Crippen molar-refractivity contribution in [1.29, 1.82) is 0 Å². The molecule has 0 aromatic heterocycles. The molecule has 1 aliphatic carbocycles. The molecule has 1 heteroatoms. The van der Waals surface area contributed by atoms with Gasteiger partial charge < -0.3 is 0 Å². The second-order valence-electron chi connectivity index (χ2n) is 2.29. The minimum absolute atomic E-state index is 1.03. The summed E-state index contributed by atoms with van der Waals surface area (Å²) in [5.74, 6) is 0. The third-order valence-corrected chi connectivity index (χ3v) is 1.67. The summed E-state index contributed by atoms with van der Waals surface area (Å²) in [7, 11) is 0. The Morgan fingerprint density at radius 2 is 2.33 bits per heavy atom. The van der Waals surface area contributed by atoms with Gasteiger partial charge in [-0.05, 0) is 12.0 Å². The Balaban J connectivity index is 2.37. The number of hydrogen-bond acceptors (Lipinski definition) is 1. The Kier molecular flexibility index (Phi) is 1.01. The van der Waals surface area contributed by atoms with Gasteiger partial charge in [-0.2, -0.15) is 0 Å². The van der Waals surface area contributed by atoms with Crippen LogP contribution in [-0.2, 0) is 0 Å². The van der Waals surface area contributed by atoms with Gasteiger partial charge in [0.25, 0.3) is 0 Å². The molecule has 2 aliphatic rings. The quantitative estimate of drug-likeness (QED) is 0.460. The molecule has 1 heterocycles. The second kappa shape index (κ2) is 1.83. The standard InChI is InChI=1S/C8H8N/c1-2-4-8-7(3-1)5-6-9-8/h1-3,6H,4-5H2. The molecule has 1 nitrogen and oxygen atoms in total. The lowest BCUT2D eigenvalue weighted by Gasteiger charge is -2.01. The van der Waals surface area contributed by atoms with Crippen LogP contribution in [-0.4, -0.2) is 5.71 Å². The van der Waals surface area contributed by atoms with Gasteiger partial charge in [-0.1, -0.05) is 18.2 Å². The molecule has 9 heavy (non-hydrogen) atoms. The summed E-state index contributed by atoms with van der Waals surface area (Å²) < 4.78 is 0. The SMILES string of the molecule is [CH]1CC2=CC=CCC2=N1. The summed E-state index contributed by atoms with van der Waals surface area (Å²) in [5, 5.41) is 0. The summed E-state index contributed by atoms with van der Waals surface area (Å²) in [6.45, 7) is 1.98. The summed E-state index contributed by atoms with van der Waals surface area (Å²) in [6.07, 6.45) is 8.46. The normalized spacial score (nSPS) is 23.1. The van der Waals surface area contributed by atoms with E-state index in [0.29, 0.717) is 0 Å². The van der Waals surface area contributed by atoms with E-state index in [1.165, 1.54) is 11.3 Å².